The molecule has 0 N–H and O–H groups in total. The Morgan fingerprint density at radius 2 is 1.16 bits per heavy atom. The summed E-state index contributed by atoms with van der Waals surface area (Å²) in [6.45, 7) is 6.63. The Balaban J connectivity index is 1.81. The van der Waals surface area contributed by atoms with Crippen molar-refractivity contribution < 1.29 is 18.9 Å². The Morgan fingerprint density at radius 1 is 0.649 bits per heavy atom. The highest BCUT2D eigenvalue weighted by molar-refractivity contribution is 5.74. The maximum atomic E-state index is 5.53. The molecule has 0 bridgehead atoms. The second-order valence-corrected chi connectivity index (χ2v) is 9.74. The van der Waals surface area contributed by atoms with Crippen molar-refractivity contribution in [1.29, 1.82) is 0 Å². The van der Waals surface area contributed by atoms with Gasteiger partial charge in [0.2, 0.25) is 0 Å². The monoisotopic (exact) mass is 498 g/mol. The van der Waals surface area contributed by atoms with Crippen LogP contribution in [0.2, 0.25) is 0 Å². The zero-order chi connectivity index (χ0) is 26.6. The average molecular weight is 499 g/mol. The van der Waals surface area contributed by atoms with Crippen molar-refractivity contribution in [2.24, 2.45) is 0 Å². The summed E-state index contributed by atoms with van der Waals surface area (Å²) >= 11 is 0. The summed E-state index contributed by atoms with van der Waals surface area (Å²) < 4.78 is 23.8. The molecular weight excluding hydrogens is 464 g/mol. The molecule has 0 unspecified atom stereocenters. The fourth-order valence-corrected chi connectivity index (χ4v) is 4.05. The topological polar surface area (TPSA) is 54.7 Å². The van der Waals surface area contributed by atoms with Gasteiger partial charge in [0.25, 0.3) is 0 Å². The number of benzene rings is 3. The van der Waals surface area contributed by atoms with Crippen LogP contribution in [0.4, 0.5) is 0 Å². The van der Waals surface area contributed by atoms with E-state index in [1.54, 1.807) is 28.4 Å². The van der Waals surface area contributed by atoms with Crippen LogP contribution in [-0.2, 0) is 5.41 Å². The summed E-state index contributed by atoms with van der Waals surface area (Å²) in [6, 6.07) is 22.2. The molecule has 0 fully saturated rings. The normalized spacial score (nSPS) is 11.5. The van der Waals surface area contributed by atoms with Gasteiger partial charge in [0.15, 0.2) is 0 Å². The molecule has 0 saturated heterocycles. The van der Waals surface area contributed by atoms with E-state index in [0.29, 0.717) is 11.5 Å². The highest BCUT2D eigenvalue weighted by Crippen LogP contribution is 2.33. The van der Waals surface area contributed by atoms with Crippen LogP contribution < -0.4 is 18.9 Å². The molecule has 6 nitrogen and oxygen atoms in total. The van der Waals surface area contributed by atoms with Gasteiger partial charge in [-0.3, -0.25) is 0 Å². The van der Waals surface area contributed by atoms with Gasteiger partial charge in [-0.05, 0) is 65.1 Å². The van der Waals surface area contributed by atoms with Crippen molar-refractivity contribution in [3.05, 3.63) is 83.6 Å². The molecule has 0 aliphatic carbocycles. The lowest BCUT2D eigenvalue weighted by atomic mass is 9.87. The molecule has 0 aliphatic heterocycles. The largest absolute Gasteiger partial charge is 0.497 e. The van der Waals surface area contributed by atoms with Crippen molar-refractivity contribution in [3.8, 4) is 39.9 Å². The number of hydrogen-bond donors (Lipinski definition) is 0. The predicted molar refractivity (Wildman–Crippen MR) is 149 cm³/mol. The molecular formula is C31H34N2O4. The molecule has 1 heterocycles. The van der Waals surface area contributed by atoms with Crippen LogP contribution in [0.3, 0.4) is 0 Å². The van der Waals surface area contributed by atoms with Crippen LogP contribution in [0.1, 0.15) is 37.6 Å². The van der Waals surface area contributed by atoms with Crippen molar-refractivity contribution >= 4 is 12.2 Å². The Kier molecular flexibility index (Phi) is 7.58. The van der Waals surface area contributed by atoms with Crippen LogP contribution in [0.15, 0.2) is 66.7 Å². The van der Waals surface area contributed by atoms with Gasteiger partial charge >= 0.3 is 0 Å². The summed E-state index contributed by atoms with van der Waals surface area (Å²) in [5, 5.41) is 4.95. The predicted octanol–water partition coefficient (Wildman–Crippen LogP) is 7.04. The highest BCUT2D eigenvalue weighted by atomic mass is 16.5. The van der Waals surface area contributed by atoms with E-state index in [1.807, 2.05) is 53.2 Å². The van der Waals surface area contributed by atoms with Gasteiger partial charge in [-0.2, -0.15) is 5.10 Å². The second-order valence-electron chi connectivity index (χ2n) is 9.74. The molecule has 0 aliphatic rings. The lowest BCUT2D eigenvalue weighted by Gasteiger charge is -2.19. The van der Waals surface area contributed by atoms with Crippen molar-refractivity contribution in [3.63, 3.8) is 0 Å². The van der Waals surface area contributed by atoms with Crippen LogP contribution in [0.25, 0.3) is 29.1 Å². The van der Waals surface area contributed by atoms with Crippen LogP contribution in [-0.4, -0.2) is 38.2 Å². The molecule has 3 aromatic carbocycles. The zero-order valence-corrected chi connectivity index (χ0v) is 22.5. The van der Waals surface area contributed by atoms with E-state index >= 15 is 0 Å². The van der Waals surface area contributed by atoms with Crippen molar-refractivity contribution in [2.45, 2.75) is 26.2 Å². The summed E-state index contributed by atoms with van der Waals surface area (Å²) in [5.41, 5.74) is 5.91. The van der Waals surface area contributed by atoms with Crippen molar-refractivity contribution in [2.75, 3.05) is 28.4 Å². The third kappa shape index (κ3) is 5.97. The smallest absolute Gasteiger partial charge is 0.123 e. The van der Waals surface area contributed by atoms with E-state index in [-0.39, 0.29) is 5.41 Å². The van der Waals surface area contributed by atoms with Gasteiger partial charge in [0.1, 0.15) is 23.0 Å². The Morgan fingerprint density at radius 3 is 1.65 bits per heavy atom. The maximum Gasteiger partial charge on any atom is 0.123 e. The quantitative estimate of drug-likeness (QED) is 0.261. The minimum absolute atomic E-state index is 0.0668. The Labute approximate surface area is 219 Å². The summed E-state index contributed by atoms with van der Waals surface area (Å²) in [6.07, 6.45) is 3.98. The van der Waals surface area contributed by atoms with E-state index in [1.165, 1.54) is 5.56 Å². The van der Waals surface area contributed by atoms with Crippen molar-refractivity contribution in [1.82, 2.24) is 9.78 Å². The van der Waals surface area contributed by atoms with Gasteiger partial charge in [-0.25, -0.2) is 4.68 Å². The molecule has 4 aromatic rings. The number of aromatic nitrogens is 2. The van der Waals surface area contributed by atoms with Crippen LogP contribution in [0, 0.1) is 0 Å². The lowest BCUT2D eigenvalue weighted by Crippen LogP contribution is -2.11. The first-order chi connectivity index (χ1) is 17.7. The zero-order valence-electron chi connectivity index (χ0n) is 22.5. The standard InChI is InChI=1S/C31H34N2O4/c1-31(2,3)23-9-12-25(13-10-23)33-30(22-16-28(36-6)20-29(17-22)37-7)18-24(32-33)11-8-21-14-26(34-4)19-27(15-21)35-5/h8-20H,1-7H3. The lowest BCUT2D eigenvalue weighted by molar-refractivity contribution is 0.394. The second kappa shape index (κ2) is 10.8. The molecule has 6 heteroatoms. The van der Waals surface area contributed by atoms with E-state index in [9.17, 15) is 0 Å². The first kappa shape index (κ1) is 25.9. The van der Waals surface area contributed by atoms with E-state index in [4.69, 9.17) is 24.0 Å². The SMILES string of the molecule is COc1cc(C=Cc2cc(-c3cc(OC)cc(OC)c3)n(-c3ccc(C(C)(C)C)cc3)n2)cc(OC)c1. The fourth-order valence-electron chi connectivity index (χ4n) is 4.05. The molecule has 37 heavy (non-hydrogen) atoms. The number of nitrogens with zero attached hydrogens (tertiary/aromatic N) is 2. The third-order valence-corrected chi connectivity index (χ3v) is 6.17. The summed E-state index contributed by atoms with van der Waals surface area (Å²) in [4.78, 5) is 0. The number of rotatable bonds is 8. The average Bonchev–Trinajstić information content (AvgIpc) is 3.35. The summed E-state index contributed by atoms with van der Waals surface area (Å²) in [5.74, 6) is 2.89. The molecule has 192 valence electrons. The molecule has 0 spiro atoms. The Hall–Kier alpha value is -4.19. The van der Waals surface area contributed by atoms with E-state index < -0.39 is 0 Å². The number of ether oxygens (including phenoxy) is 4. The summed E-state index contributed by atoms with van der Waals surface area (Å²) in [7, 11) is 6.59. The molecule has 0 radical (unpaired) electrons. The number of hydrogen-bond acceptors (Lipinski definition) is 5. The van der Waals surface area contributed by atoms with Crippen LogP contribution in [0.5, 0.6) is 23.0 Å². The molecule has 0 amide bonds. The molecule has 0 saturated carbocycles. The molecule has 1 aromatic heterocycles. The van der Waals surface area contributed by atoms with Gasteiger partial charge in [-0.1, -0.05) is 39.0 Å². The molecule has 4 rings (SSSR count). The number of methoxy groups -OCH3 is 4. The first-order valence-corrected chi connectivity index (χ1v) is 12.1. The van der Waals surface area contributed by atoms with Gasteiger partial charge in [-0.15, -0.1) is 0 Å². The maximum absolute atomic E-state index is 5.53. The van der Waals surface area contributed by atoms with E-state index in [2.05, 4.69) is 51.1 Å². The minimum atomic E-state index is 0.0668. The Bertz CT molecular complexity index is 1350. The highest BCUT2D eigenvalue weighted by Gasteiger charge is 2.16. The fraction of sp³-hybridized carbons (Fsp3) is 0.258. The van der Waals surface area contributed by atoms with Gasteiger partial charge < -0.3 is 18.9 Å². The van der Waals surface area contributed by atoms with Gasteiger partial charge in [0, 0.05) is 17.7 Å². The minimum Gasteiger partial charge on any atom is -0.497 e. The van der Waals surface area contributed by atoms with Gasteiger partial charge in [0.05, 0.1) is 45.5 Å². The first-order valence-electron chi connectivity index (χ1n) is 12.1. The third-order valence-electron chi connectivity index (χ3n) is 6.17. The molecule has 0 atom stereocenters. The van der Waals surface area contributed by atoms with E-state index in [0.717, 1.165) is 39.7 Å². The van der Waals surface area contributed by atoms with Crippen LogP contribution >= 0.6 is 0 Å².